The summed E-state index contributed by atoms with van der Waals surface area (Å²) in [7, 11) is 0. The second-order valence-corrected chi connectivity index (χ2v) is 15.2. The van der Waals surface area contributed by atoms with E-state index in [1.54, 1.807) is 5.57 Å². The highest BCUT2D eigenvalue weighted by Gasteiger charge is 2.59. The van der Waals surface area contributed by atoms with E-state index in [2.05, 4.69) is 56.6 Å². The van der Waals surface area contributed by atoms with Crippen LogP contribution in [0.15, 0.2) is 11.6 Å². The van der Waals surface area contributed by atoms with E-state index in [0.717, 1.165) is 48.3 Å². The molecule has 0 radical (unpaired) electrons. The summed E-state index contributed by atoms with van der Waals surface area (Å²) in [5.41, 5.74) is 2.50. The SMILES string of the molecule is CC(C)CCC[C@H](C)[C@@H]1CC[C@@H]2[C@H]3CC=C4C[C@@H](OC(=O)C[C@@H](C)Br)CC[C@]4(C)[C@@H]3CC[C@@]21C. The molecule has 34 heavy (non-hydrogen) atoms. The monoisotopic (exact) mass is 534 g/mol. The number of fused-ring (bicyclic) bond motifs is 5. The molecule has 0 heterocycles. The van der Waals surface area contributed by atoms with Gasteiger partial charge in [0.2, 0.25) is 0 Å². The molecule has 4 aliphatic rings. The van der Waals surface area contributed by atoms with E-state index in [1.807, 2.05) is 6.92 Å². The molecule has 0 N–H and O–H groups in total. The first-order chi connectivity index (χ1) is 16.0. The highest BCUT2D eigenvalue weighted by Crippen LogP contribution is 2.67. The maximum Gasteiger partial charge on any atom is 0.307 e. The van der Waals surface area contributed by atoms with Crippen LogP contribution in [-0.2, 0) is 9.53 Å². The van der Waals surface area contributed by atoms with Crippen molar-refractivity contribution in [3.63, 3.8) is 0 Å². The summed E-state index contributed by atoms with van der Waals surface area (Å²) in [6.45, 7) is 14.6. The molecule has 0 aromatic heterocycles. The Kier molecular flexibility index (Phi) is 8.33. The number of hydrogen-bond donors (Lipinski definition) is 0. The van der Waals surface area contributed by atoms with E-state index in [9.17, 15) is 4.79 Å². The molecule has 3 heteroatoms. The van der Waals surface area contributed by atoms with Crippen LogP contribution in [0.4, 0.5) is 0 Å². The first-order valence-corrected chi connectivity index (χ1v) is 15.5. The number of hydrogen-bond acceptors (Lipinski definition) is 2. The van der Waals surface area contributed by atoms with Crippen LogP contribution in [0.1, 0.15) is 119 Å². The lowest BCUT2D eigenvalue weighted by atomic mass is 9.47. The maximum absolute atomic E-state index is 12.3. The van der Waals surface area contributed by atoms with Crippen molar-refractivity contribution in [1.82, 2.24) is 0 Å². The summed E-state index contributed by atoms with van der Waals surface area (Å²) in [5, 5.41) is 0. The third-order valence-corrected chi connectivity index (χ3v) is 11.3. The molecule has 0 aromatic carbocycles. The van der Waals surface area contributed by atoms with Crippen LogP contribution in [0.25, 0.3) is 0 Å². The number of rotatable bonds is 8. The lowest BCUT2D eigenvalue weighted by Crippen LogP contribution is -2.51. The van der Waals surface area contributed by atoms with Gasteiger partial charge in [0.05, 0.1) is 6.42 Å². The quantitative estimate of drug-likeness (QED) is 0.176. The third-order valence-electron chi connectivity index (χ3n) is 11.0. The number of ether oxygens (including phenoxy) is 1. The van der Waals surface area contributed by atoms with E-state index in [-0.39, 0.29) is 16.9 Å². The van der Waals surface area contributed by atoms with Crippen LogP contribution < -0.4 is 0 Å². The summed E-state index contributed by atoms with van der Waals surface area (Å²) in [6.07, 6.45) is 17.6. The van der Waals surface area contributed by atoms with Crippen molar-refractivity contribution in [3.8, 4) is 0 Å². The van der Waals surface area contributed by atoms with E-state index in [4.69, 9.17) is 4.74 Å². The van der Waals surface area contributed by atoms with Crippen LogP contribution in [-0.4, -0.2) is 16.9 Å². The number of alkyl halides is 1. The van der Waals surface area contributed by atoms with Crippen LogP contribution in [0, 0.1) is 46.3 Å². The van der Waals surface area contributed by atoms with Crippen LogP contribution in [0.2, 0.25) is 0 Å². The third kappa shape index (κ3) is 5.21. The molecule has 2 nitrogen and oxygen atoms in total. The van der Waals surface area contributed by atoms with Gasteiger partial charge in [0.1, 0.15) is 6.10 Å². The second-order valence-electron chi connectivity index (χ2n) is 13.6. The maximum atomic E-state index is 12.3. The van der Waals surface area contributed by atoms with Gasteiger partial charge in [-0.15, -0.1) is 0 Å². The molecule has 3 fully saturated rings. The van der Waals surface area contributed by atoms with Crippen LogP contribution >= 0.6 is 15.9 Å². The first-order valence-electron chi connectivity index (χ1n) is 14.6. The van der Waals surface area contributed by atoms with Gasteiger partial charge >= 0.3 is 5.97 Å². The van der Waals surface area contributed by atoms with E-state index in [0.29, 0.717) is 17.3 Å². The van der Waals surface area contributed by atoms with Crippen molar-refractivity contribution in [3.05, 3.63) is 11.6 Å². The summed E-state index contributed by atoms with van der Waals surface area (Å²) in [6, 6.07) is 0. The smallest absolute Gasteiger partial charge is 0.307 e. The minimum atomic E-state index is -0.0415. The molecule has 4 rings (SSSR count). The molecular formula is C31H51BrO2. The van der Waals surface area contributed by atoms with Crippen molar-refractivity contribution in [2.24, 2.45) is 46.3 Å². The Morgan fingerprint density at radius 1 is 1.06 bits per heavy atom. The molecule has 0 aliphatic heterocycles. The lowest BCUT2D eigenvalue weighted by Gasteiger charge is -2.58. The predicted molar refractivity (Wildman–Crippen MR) is 146 cm³/mol. The molecule has 3 saturated carbocycles. The van der Waals surface area contributed by atoms with Gasteiger partial charge in [-0.2, -0.15) is 0 Å². The zero-order valence-corrected chi connectivity index (χ0v) is 24.5. The topological polar surface area (TPSA) is 26.3 Å². The fourth-order valence-corrected chi connectivity index (χ4v) is 9.48. The Balaban J connectivity index is 1.42. The Morgan fingerprint density at radius 2 is 1.82 bits per heavy atom. The molecule has 0 unspecified atom stereocenters. The van der Waals surface area contributed by atoms with Crippen molar-refractivity contribution in [2.75, 3.05) is 0 Å². The van der Waals surface area contributed by atoms with Gasteiger partial charge in [0.25, 0.3) is 0 Å². The van der Waals surface area contributed by atoms with Gasteiger partial charge < -0.3 is 4.74 Å². The molecule has 0 aromatic rings. The molecule has 194 valence electrons. The molecule has 0 spiro atoms. The Hall–Kier alpha value is -0.310. The number of carbonyl (C=O) groups excluding carboxylic acids is 1. The Bertz CT molecular complexity index is 757. The highest BCUT2D eigenvalue weighted by molar-refractivity contribution is 9.09. The molecule has 0 bridgehead atoms. The molecule has 9 atom stereocenters. The molecular weight excluding hydrogens is 484 g/mol. The minimum absolute atomic E-state index is 0.0415. The van der Waals surface area contributed by atoms with Crippen LogP contribution in [0.5, 0.6) is 0 Å². The summed E-state index contributed by atoms with van der Waals surface area (Å²) < 4.78 is 5.90. The Morgan fingerprint density at radius 3 is 2.53 bits per heavy atom. The zero-order valence-electron chi connectivity index (χ0n) is 22.9. The number of allylic oxidation sites excluding steroid dienone is 1. The van der Waals surface area contributed by atoms with Gasteiger partial charge in [-0.3, -0.25) is 4.79 Å². The minimum Gasteiger partial charge on any atom is -0.462 e. The van der Waals surface area contributed by atoms with Gasteiger partial charge in [-0.05, 0) is 91.3 Å². The van der Waals surface area contributed by atoms with E-state index in [1.165, 1.54) is 57.8 Å². The van der Waals surface area contributed by atoms with E-state index >= 15 is 0 Å². The molecule has 4 aliphatic carbocycles. The zero-order chi connectivity index (χ0) is 24.7. The standard InChI is InChI=1S/C31H51BrO2/c1-20(2)8-7-9-21(3)26-12-13-27-25-11-10-23-19-24(34-29(33)18-22(4)32)14-16-30(23,5)28(25)15-17-31(26,27)6/h10,20-22,24-28H,7-9,11-19H2,1-6H3/t21-,22+,24-,25+,26-,27+,28+,30-,31+/m0/s1. The van der Waals surface area contributed by atoms with Crippen molar-refractivity contribution in [1.29, 1.82) is 0 Å². The van der Waals surface area contributed by atoms with Gasteiger partial charge in [-0.1, -0.05) is 88.4 Å². The number of halogens is 1. The summed E-state index contributed by atoms with van der Waals surface area (Å²) in [5.74, 6) is 5.21. The average Bonchev–Trinajstić information content (AvgIpc) is 3.10. The molecule has 0 saturated heterocycles. The average molecular weight is 536 g/mol. The normalized spacial score (nSPS) is 41.2. The molecule has 0 amide bonds. The van der Waals surface area contributed by atoms with Crippen LogP contribution in [0.3, 0.4) is 0 Å². The van der Waals surface area contributed by atoms with Gasteiger partial charge in [0, 0.05) is 11.2 Å². The predicted octanol–water partition coefficient (Wildman–Crippen LogP) is 9.11. The summed E-state index contributed by atoms with van der Waals surface area (Å²) in [4.78, 5) is 12.5. The first kappa shape index (κ1) is 26.7. The van der Waals surface area contributed by atoms with Crippen molar-refractivity contribution < 1.29 is 9.53 Å². The van der Waals surface area contributed by atoms with E-state index < -0.39 is 0 Å². The fourth-order valence-electron chi connectivity index (χ4n) is 9.22. The van der Waals surface area contributed by atoms with Crippen molar-refractivity contribution in [2.45, 2.75) is 130 Å². The lowest BCUT2D eigenvalue weighted by molar-refractivity contribution is -0.151. The second kappa shape index (κ2) is 10.6. The summed E-state index contributed by atoms with van der Waals surface area (Å²) >= 11 is 3.49. The highest BCUT2D eigenvalue weighted by atomic mass is 79.9. The fraction of sp³-hybridized carbons (Fsp3) is 0.903. The number of esters is 1. The van der Waals surface area contributed by atoms with Gasteiger partial charge in [-0.25, -0.2) is 0 Å². The Labute approximate surface area is 218 Å². The number of carbonyl (C=O) groups is 1. The van der Waals surface area contributed by atoms with Gasteiger partial charge in [0.15, 0.2) is 0 Å². The van der Waals surface area contributed by atoms with Crippen molar-refractivity contribution >= 4 is 21.9 Å². The largest absolute Gasteiger partial charge is 0.462 e.